The summed E-state index contributed by atoms with van der Waals surface area (Å²) < 4.78 is 16.0. The molecule has 166 valence electrons. The quantitative estimate of drug-likeness (QED) is 0.600. The topological polar surface area (TPSA) is 83.4 Å². The molecule has 0 bridgehead atoms. The molecule has 9 heteroatoms. The van der Waals surface area contributed by atoms with Crippen LogP contribution in [0.5, 0.6) is 0 Å². The molecule has 3 aromatic rings. The highest BCUT2D eigenvalue weighted by atomic mass is 19.1. The van der Waals surface area contributed by atoms with Gasteiger partial charge in [0.2, 0.25) is 0 Å². The maximum absolute atomic E-state index is 13.8. The lowest BCUT2D eigenvalue weighted by atomic mass is 10.2. The average molecular weight is 436 g/mol. The van der Waals surface area contributed by atoms with Gasteiger partial charge in [0.05, 0.1) is 23.4 Å². The van der Waals surface area contributed by atoms with Crippen molar-refractivity contribution < 1.29 is 14.0 Å². The number of halogens is 1. The van der Waals surface area contributed by atoms with Gasteiger partial charge in [0, 0.05) is 38.7 Å². The maximum Gasteiger partial charge on any atom is 0.324 e. The van der Waals surface area contributed by atoms with E-state index >= 15 is 0 Å². The van der Waals surface area contributed by atoms with Crippen molar-refractivity contribution in [3.63, 3.8) is 0 Å². The molecule has 4 heterocycles. The summed E-state index contributed by atoms with van der Waals surface area (Å²) in [5, 5.41) is 2.78. The van der Waals surface area contributed by atoms with Gasteiger partial charge < -0.3 is 9.88 Å². The molecule has 2 aromatic heterocycles. The van der Waals surface area contributed by atoms with Crippen LogP contribution in [0.3, 0.4) is 0 Å². The molecule has 1 atom stereocenters. The number of hydrogen-bond acceptors (Lipinski definition) is 5. The third-order valence-corrected chi connectivity index (χ3v) is 6.20. The fraction of sp³-hybridized carbons (Fsp3) is 0.391. The van der Waals surface area contributed by atoms with E-state index in [1.54, 1.807) is 0 Å². The fourth-order valence-corrected chi connectivity index (χ4v) is 4.50. The van der Waals surface area contributed by atoms with Gasteiger partial charge in [-0.2, -0.15) is 0 Å². The number of fused-ring (bicyclic) bond motifs is 3. The van der Waals surface area contributed by atoms with E-state index in [1.807, 2.05) is 18.2 Å². The molecule has 3 amide bonds. The molecule has 8 nitrogen and oxygen atoms in total. The fourth-order valence-electron chi connectivity index (χ4n) is 4.50. The number of nitrogens with zero attached hydrogens (tertiary/aromatic N) is 5. The van der Waals surface area contributed by atoms with Crippen LogP contribution in [0.15, 0.2) is 42.6 Å². The third-order valence-electron chi connectivity index (χ3n) is 6.20. The van der Waals surface area contributed by atoms with Gasteiger partial charge in [0.25, 0.3) is 5.91 Å². The maximum atomic E-state index is 13.8. The van der Waals surface area contributed by atoms with Crippen molar-refractivity contribution in [2.45, 2.75) is 38.4 Å². The molecule has 2 aliphatic rings. The summed E-state index contributed by atoms with van der Waals surface area (Å²) in [5.74, 6) is 0.408. The highest BCUT2D eigenvalue weighted by Gasteiger charge is 2.37. The van der Waals surface area contributed by atoms with Gasteiger partial charge in [0.15, 0.2) is 0 Å². The smallest absolute Gasteiger partial charge is 0.324 e. The van der Waals surface area contributed by atoms with Crippen LogP contribution < -0.4 is 5.32 Å². The largest absolute Gasteiger partial charge is 0.326 e. The molecule has 0 spiro atoms. The molecule has 2 aliphatic heterocycles. The molecular weight excluding hydrogens is 411 g/mol. The van der Waals surface area contributed by atoms with E-state index in [-0.39, 0.29) is 24.6 Å². The minimum Gasteiger partial charge on any atom is -0.326 e. The summed E-state index contributed by atoms with van der Waals surface area (Å²) in [6.45, 7) is 2.43. The summed E-state index contributed by atoms with van der Waals surface area (Å²) in [6.07, 6.45) is 4.14. The Morgan fingerprint density at radius 3 is 2.88 bits per heavy atom. The number of hydrogen-bond donors (Lipinski definition) is 1. The Morgan fingerprint density at radius 1 is 1.12 bits per heavy atom. The summed E-state index contributed by atoms with van der Waals surface area (Å²) in [7, 11) is 0. The molecule has 1 aromatic carbocycles. The Hall–Kier alpha value is -3.33. The van der Waals surface area contributed by atoms with Crippen LogP contribution in [-0.2, 0) is 24.3 Å². The van der Waals surface area contributed by atoms with Gasteiger partial charge in [-0.25, -0.2) is 14.2 Å². The molecule has 1 saturated heterocycles. The van der Waals surface area contributed by atoms with E-state index in [2.05, 4.69) is 25.8 Å². The van der Waals surface area contributed by atoms with Crippen molar-refractivity contribution in [1.82, 2.24) is 29.7 Å². The van der Waals surface area contributed by atoms with Crippen molar-refractivity contribution in [3.05, 3.63) is 59.9 Å². The summed E-state index contributed by atoms with van der Waals surface area (Å²) in [5.41, 5.74) is 2.37. The van der Waals surface area contributed by atoms with E-state index in [9.17, 15) is 14.0 Å². The number of benzene rings is 1. The van der Waals surface area contributed by atoms with E-state index < -0.39 is 17.9 Å². The minimum atomic E-state index is -0.557. The van der Waals surface area contributed by atoms with Crippen molar-refractivity contribution in [2.75, 3.05) is 19.6 Å². The first-order valence-electron chi connectivity index (χ1n) is 11.0. The second-order valence-corrected chi connectivity index (χ2v) is 8.27. The Morgan fingerprint density at radius 2 is 2.00 bits per heavy atom. The van der Waals surface area contributed by atoms with Crippen LogP contribution >= 0.6 is 0 Å². The number of imidazole rings is 1. The first-order chi connectivity index (χ1) is 15.6. The number of nitrogens with one attached hydrogen (secondary N) is 1. The number of aromatic nitrogens is 3. The Bertz CT molecular complexity index is 1160. The number of imide groups is 1. The Kier molecular flexibility index (Phi) is 5.57. The van der Waals surface area contributed by atoms with Crippen molar-refractivity contribution in [3.8, 4) is 0 Å². The summed E-state index contributed by atoms with van der Waals surface area (Å²) >= 11 is 0. The lowest BCUT2D eigenvalue weighted by molar-refractivity contribution is -0.127. The number of para-hydroxylation sites is 2. The molecule has 0 aliphatic carbocycles. The van der Waals surface area contributed by atoms with Gasteiger partial charge in [-0.3, -0.25) is 19.6 Å². The Labute approximate surface area is 185 Å². The lowest BCUT2D eigenvalue weighted by Crippen LogP contribution is -2.36. The number of carbonyl (C=O) groups excluding carboxylic acids is 2. The van der Waals surface area contributed by atoms with E-state index in [4.69, 9.17) is 4.98 Å². The molecule has 5 rings (SSSR count). The average Bonchev–Trinajstić information content (AvgIpc) is 3.18. The first kappa shape index (κ1) is 20.6. The SMILES string of the molecule is O=C1N[C@@H](CCN2CCCc3nc4ccccc4n3C2)C(=O)N1CCc1ncccc1F. The number of amides is 3. The number of urea groups is 1. The molecule has 0 radical (unpaired) electrons. The predicted octanol–water partition coefficient (Wildman–Crippen LogP) is 2.33. The highest BCUT2D eigenvalue weighted by Crippen LogP contribution is 2.21. The van der Waals surface area contributed by atoms with E-state index in [1.165, 1.54) is 23.2 Å². The number of aryl methyl sites for hydroxylation is 1. The normalized spacial score (nSPS) is 19.3. The van der Waals surface area contributed by atoms with Crippen LogP contribution in [-0.4, -0.2) is 61.9 Å². The predicted molar refractivity (Wildman–Crippen MR) is 116 cm³/mol. The number of rotatable bonds is 6. The van der Waals surface area contributed by atoms with Crippen molar-refractivity contribution >= 4 is 23.0 Å². The monoisotopic (exact) mass is 436 g/mol. The molecule has 0 saturated carbocycles. The second-order valence-electron chi connectivity index (χ2n) is 8.27. The molecular formula is C23H25FN6O2. The zero-order chi connectivity index (χ0) is 22.1. The second kappa shape index (κ2) is 8.66. The van der Waals surface area contributed by atoms with E-state index in [0.717, 1.165) is 36.2 Å². The zero-order valence-electron chi connectivity index (χ0n) is 17.7. The van der Waals surface area contributed by atoms with Crippen LogP contribution in [0.1, 0.15) is 24.4 Å². The lowest BCUT2D eigenvalue weighted by Gasteiger charge is -2.22. The minimum absolute atomic E-state index is 0.114. The number of pyridine rings is 1. The van der Waals surface area contributed by atoms with Gasteiger partial charge in [-0.15, -0.1) is 0 Å². The van der Waals surface area contributed by atoms with Gasteiger partial charge in [-0.05, 0) is 37.1 Å². The molecule has 1 N–H and O–H groups in total. The number of carbonyl (C=O) groups is 2. The molecule has 0 unspecified atom stereocenters. The third kappa shape index (κ3) is 3.95. The molecule has 32 heavy (non-hydrogen) atoms. The van der Waals surface area contributed by atoms with Crippen LogP contribution in [0.4, 0.5) is 9.18 Å². The Balaban J connectivity index is 1.20. The zero-order valence-corrected chi connectivity index (χ0v) is 17.7. The molecule has 1 fully saturated rings. The van der Waals surface area contributed by atoms with Crippen molar-refractivity contribution in [2.24, 2.45) is 0 Å². The van der Waals surface area contributed by atoms with Crippen LogP contribution in [0.2, 0.25) is 0 Å². The van der Waals surface area contributed by atoms with Gasteiger partial charge >= 0.3 is 6.03 Å². The highest BCUT2D eigenvalue weighted by molar-refractivity contribution is 6.04. The summed E-state index contributed by atoms with van der Waals surface area (Å²) in [4.78, 5) is 37.3. The van der Waals surface area contributed by atoms with Gasteiger partial charge in [0.1, 0.15) is 17.7 Å². The summed E-state index contributed by atoms with van der Waals surface area (Å²) in [6, 6.07) is 9.99. The first-order valence-corrected chi connectivity index (χ1v) is 11.0. The van der Waals surface area contributed by atoms with E-state index in [0.29, 0.717) is 19.6 Å². The standard InChI is InChI=1S/C23H25FN6O2/c24-16-5-3-11-25-17(16)10-14-29-22(31)19(27-23(29)32)9-13-28-12-4-8-21-26-18-6-1-2-7-20(18)30(21)15-28/h1-3,5-7,11,19H,4,8-10,12-15H2,(H,27,32)/t19-/m0/s1. The van der Waals surface area contributed by atoms with Crippen LogP contribution in [0.25, 0.3) is 11.0 Å². The van der Waals surface area contributed by atoms with Crippen molar-refractivity contribution in [1.29, 1.82) is 0 Å². The van der Waals surface area contributed by atoms with Crippen LogP contribution in [0, 0.1) is 5.82 Å². The van der Waals surface area contributed by atoms with Gasteiger partial charge in [-0.1, -0.05) is 12.1 Å².